The molecule has 0 amide bonds. The highest BCUT2D eigenvalue weighted by molar-refractivity contribution is 9.10. The van der Waals surface area contributed by atoms with Crippen molar-refractivity contribution in [3.05, 3.63) is 113 Å². The van der Waals surface area contributed by atoms with Crippen molar-refractivity contribution in [1.82, 2.24) is 4.57 Å². The molecule has 0 unspecified atom stereocenters. The van der Waals surface area contributed by atoms with Crippen LogP contribution in [-0.4, -0.2) is 38.0 Å². The summed E-state index contributed by atoms with van der Waals surface area (Å²) in [5.74, 6) is 0.735. The third-order valence-corrected chi connectivity index (χ3v) is 8.35. The monoisotopic (exact) mass is 696 g/mol. The Morgan fingerprint density at radius 2 is 1.78 bits per heavy atom. The number of hydrogen-bond donors (Lipinski definition) is 0. The molecule has 2 heterocycles. The summed E-state index contributed by atoms with van der Waals surface area (Å²) < 4.78 is 45.1. The van der Waals surface area contributed by atoms with E-state index in [0.29, 0.717) is 66.7 Å². The van der Waals surface area contributed by atoms with Gasteiger partial charge in [0.15, 0.2) is 27.8 Å². The molecular weight excluding hydrogens is 667 g/mol. The van der Waals surface area contributed by atoms with E-state index in [9.17, 15) is 14.0 Å². The zero-order valence-corrected chi connectivity index (χ0v) is 27.4. The van der Waals surface area contributed by atoms with Gasteiger partial charge >= 0.3 is 5.97 Å². The molecule has 234 valence electrons. The second-order valence-corrected chi connectivity index (χ2v) is 11.6. The number of hydrogen-bond acceptors (Lipinski definition) is 9. The van der Waals surface area contributed by atoms with Crippen LogP contribution in [0.2, 0.25) is 0 Å². The number of ether oxygens (including phenoxy) is 5. The molecule has 12 heteroatoms. The average Bonchev–Trinajstić information content (AvgIpc) is 3.35. The number of carbonyl (C=O) groups is 1. The van der Waals surface area contributed by atoms with Gasteiger partial charge < -0.3 is 23.7 Å². The molecule has 0 aliphatic carbocycles. The lowest BCUT2D eigenvalue weighted by molar-refractivity contribution is -0.136. The maximum atomic E-state index is 14.4. The zero-order valence-electron chi connectivity index (χ0n) is 25.0. The lowest BCUT2D eigenvalue weighted by Crippen LogP contribution is -2.39. The molecule has 3 aromatic carbocycles. The number of rotatable bonds is 11. The van der Waals surface area contributed by atoms with Gasteiger partial charge in [0, 0.05) is 21.8 Å². The lowest BCUT2D eigenvalue weighted by Gasteiger charge is -2.23. The van der Waals surface area contributed by atoms with E-state index in [-0.39, 0.29) is 17.7 Å². The topological polar surface area (TPSA) is 97.6 Å². The number of benzene rings is 3. The fourth-order valence-corrected chi connectivity index (χ4v) is 6.31. The van der Waals surface area contributed by atoms with Gasteiger partial charge in [-0.2, -0.15) is 0 Å². The van der Waals surface area contributed by atoms with E-state index in [4.69, 9.17) is 23.7 Å². The average molecular weight is 698 g/mol. The smallest absolute Gasteiger partial charge is 0.337 e. The third kappa shape index (κ3) is 6.66. The number of thiazole rings is 1. The van der Waals surface area contributed by atoms with Crippen molar-refractivity contribution in [2.75, 3.05) is 27.4 Å². The summed E-state index contributed by atoms with van der Waals surface area (Å²) in [4.78, 5) is 31.9. The Morgan fingerprint density at radius 3 is 2.49 bits per heavy atom. The molecular formula is C33H30BrFN2O7S. The molecule has 9 nitrogen and oxygen atoms in total. The van der Waals surface area contributed by atoms with Crippen LogP contribution in [0.15, 0.2) is 80.6 Å². The number of fused-ring (bicyclic) bond motifs is 1. The van der Waals surface area contributed by atoms with Crippen LogP contribution in [0.25, 0.3) is 6.08 Å². The molecule has 4 aromatic rings. The molecule has 5 rings (SSSR count). The Kier molecular flexibility index (Phi) is 10.0. The fraction of sp³-hybridized carbons (Fsp3) is 0.242. The largest absolute Gasteiger partial charge is 0.493 e. The quantitative estimate of drug-likeness (QED) is 0.196. The zero-order chi connectivity index (χ0) is 32.1. The molecule has 0 fully saturated rings. The van der Waals surface area contributed by atoms with Gasteiger partial charge in [0.25, 0.3) is 5.56 Å². The molecule has 0 saturated carbocycles. The van der Waals surface area contributed by atoms with Crippen LogP contribution in [0.4, 0.5) is 4.39 Å². The predicted molar refractivity (Wildman–Crippen MR) is 171 cm³/mol. The first-order chi connectivity index (χ1) is 21.8. The Balaban J connectivity index is 1.65. The molecule has 1 aliphatic rings. The minimum absolute atomic E-state index is 0.0604. The van der Waals surface area contributed by atoms with Crippen molar-refractivity contribution >= 4 is 39.3 Å². The summed E-state index contributed by atoms with van der Waals surface area (Å²) >= 11 is 4.65. The molecule has 0 bridgehead atoms. The standard InChI is InChI=1S/C33H30BrFN2O7S/c1-5-42-25-12-11-19(14-26(25)43-6-2)29-23(32(39)41-4)17-36-33-37(29)31(38)28(45-33)15-21-13-22(34)16-27(40-3)30(21)44-18-20-9-7-8-10-24(20)35/h7-17,29H,5-6,18H2,1-4H3/b28-15+/t29-/m0/s1. The van der Waals surface area contributed by atoms with Crippen molar-refractivity contribution in [3.8, 4) is 23.0 Å². The number of carbonyl (C=O) groups excluding carboxylic acids is 1. The number of halogens is 2. The van der Waals surface area contributed by atoms with Crippen LogP contribution in [-0.2, 0) is 16.1 Å². The maximum Gasteiger partial charge on any atom is 0.337 e. The highest BCUT2D eigenvalue weighted by Crippen LogP contribution is 2.37. The Hall–Kier alpha value is -4.42. The normalized spacial score (nSPS) is 14.2. The SMILES string of the molecule is CCOc1ccc([C@H]2C(C(=O)OC)=CN=c3s/c(=C/c4cc(Br)cc(OC)c4OCc4ccccc4F)c(=O)n32)cc1OCC. The summed E-state index contributed by atoms with van der Waals surface area (Å²) in [7, 11) is 2.77. The number of nitrogens with zero attached hydrogens (tertiary/aromatic N) is 2. The Bertz CT molecular complexity index is 1950. The first-order valence-electron chi connectivity index (χ1n) is 14.0. The Labute approximate surface area is 270 Å². The van der Waals surface area contributed by atoms with Crippen molar-refractivity contribution in [3.63, 3.8) is 0 Å². The summed E-state index contributed by atoms with van der Waals surface area (Å²) in [5, 5.41) is 0. The van der Waals surface area contributed by atoms with Gasteiger partial charge in [-0.25, -0.2) is 14.2 Å². The molecule has 0 radical (unpaired) electrons. The van der Waals surface area contributed by atoms with Crippen LogP contribution >= 0.6 is 27.3 Å². The van der Waals surface area contributed by atoms with E-state index in [1.807, 2.05) is 13.8 Å². The van der Waals surface area contributed by atoms with Crippen LogP contribution < -0.4 is 33.8 Å². The van der Waals surface area contributed by atoms with E-state index in [1.165, 1.54) is 31.1 Å². The number of aromatic nitrogens is 1. The summed E-state index contributed by atoms with van der Waals surface area (Å²) in [6, 6.07) is 14.3. The molecule has 0 spiro atoms. The first kappa shape index (κ1) is 32.0. The van der Waals surface area contributed by atoms with Crippen molar-refractivity contribution in [2.45, 2.75) is 26.5 Å². The summed E-state index contributed by atoms with van der Waals surface area (Å²) in [5.41, 5.74) is 1.29. The minimum atomic E-state index is -0.848. The van der Waals surface area contributed by atoms with Gasteiger partial charge in [-0.05, 0) is 55.8 Å². The van der Waals surface area contributed by atoms with Crippen molar-refractivity contribution in [1.29, 1.82) is 0 Å². The Morgan fingerprint density at radius 1 is 1.02 bits per heavy atom. The fourth-order valence-electron chi connectivity index (χ4n) is 4.90. The van der Waals surface area contributed by atoms with E-state index >= 15 is 0 Å². The third-order valence-electron chi connectivity index (χ3n) is 6.89. The van der Waals surface area contributed by atoms with Crippen LogP contribution in [0, 0.1) is 5.82 Å². The van der Waals surface area contributed by atoms with E-state index in [2.05, 4.69) is 20.9 Å². The van der Waals surface area contributed by atoms with E-state index in [1.54, 1.807) is 54.6 Å². The molecule has 0 N–H and O–H groups in total. The second-order valence-electron chi connectivity index (χ2n) is 9.65. The van der Waals surface area contributed by atoms with Gasteiger partial charge in [-0.15, -0.1) is 0 Å². The van der Waals surface area contributed by atoms with Gasteiger partial charge in [0.1, 0.15) is 12.4 Å². The lowest BCUT2D eigenvalue weighted by atomic mass is 9.97. The van der Waals surface area contributed by atoms with Gasteiger partial charge in [-0.3, -0.25) is 9.36 Å². The highest BCUT2D eigenvalue weighted by Gasteiger charge is 2.31. The first-order valence-corrected chi connectivity index (χ1v) is 15.6. The highest BCUT2D eigenvalue weighted by atomic mass is 79.9. The second kappa shape index (κ2) is 14.1. The van der Waals surface area contributed by atoms with Crippen LogP contribution in [0.3, 0.4) is 0 Å². The van der Waals surface area contributed by atoms with E-state index < -0.39 is 17.8 Å². The van der Waals surface area contributed by atoms with Crippen LogP contribution in [0.5, 0.6) is 23.0 Å². The molecule has 45 heavy (non-hydrogen) atoms. The minimum Gasteiger partial charge on any atom is -0.493 e. The number of esters is 1. The van der Waals surface area contributed by atoms with E-state index in [0.717, 1.165) is 11.3 Å². The van der Waals surface area contributed by atoms with Gasteiger partial charge in [-0.1, -0.05) is 51.5 Å². The summed E-state index contributed by atoms with van der Waals surface area (Å²) in [6.45, 7) is 4.50. The predicted octanol–water partition coefficient (Wildman–Crippen LogP) is 5.30. The van der Waals surface area contributed by atoms with Crippen molar-refractivity contribution in [2.24, 2.45) is 4.99 Å². The summed E-state index contributed by atoms with van der Waals surface area (Å²) in [6.07, 6.45) is 3.09. The number of methoxy groups -OCH3 is 2. The molecule has 0 saturated heterocycles. The molecule has 1 aromatic heterocycles. The molecule has 1 atom stereocenters. The van der Waals surface area contributed by atoms with Crippen LogP contribution in [0.1, 0.15) is 36.6 Å². The van der Waals surface area contributed by atoms with Gasteiger partial charge in [0.2, 0.25) is 0 Å². The maximum absolute atomic E-state index is 14.4. The van der Waals surface area contributed by atoms with Gasteiger partial charge in [0.05, 0.1) is 43.6 Å². The van der Waals surface area contributed by atoms with Crippen molar-refractivity contribution < 1.29 is 32.9 Å². The molecule has 1 aliphatic heterocycles.